The molecule has 0 unspecified atom stereocenters. The van der Waals surface area contributed by atoms with Crippen LogP contribution in [0.3, 0.4) is 0 Å². The zero-order valence-electron chi connectivity index (χ0n) is 10.9. The van der Waals surface area contributed by atoms with Crippen LogP contribution in [-0.2, 0) is 4.74 Å². The molecule has 0 bridgehead atoms. The third-order valence-corrected chi connectivity index (χ3v) is 3.46. The largest absolute Gasteiger partial charge is 0.377 e. The van der Waals surface area contributed by atoms with E-state index in [4.69, 9.17) is 4.74 Å². The van der Waals surface area contributed by atoms with Crippen molar-refractivity contribution in [2.75, 3.05) is 19.7 Å². The lowest BCUT2D eigenvalue weighted by Crippen LogP contribution is -2.30. The van der Waals surface area contributed by atoms with E-state index in [-0.39, 0.29) is 12.0 Å². The maximum Gasteiger partial charge on any atom is 0.272 e. The lowest BCUT2D eigenvalue weighted by Gasteiger charge is -2.16. The number of hydrogen-bond acceptors (Lipinski definition) is 3. The fourth-order valence-electron chi connectivity index (χ4n) is 2.50. The number of pyridine rings is 1. The Hall–Kier alpha value is -1.88. The van der Waals surface area contributed by atoms with Gasteiger partial charge in [-0.1, -0.05) is 0 Å². The van der Waals surface area contributed by atoms with Crippen molar-refractivity contribution >= 4 is 16.9 Å². The third kappa shape index (κ3) is 2.33. The molecule has 2 aromatic rings. The number of likely N-dealkylation sites (tertiary alicyclic amines) is 1. The first kappa shape index (κ1) is 12.2. The van der Waals surface area contributed by atoms with Crippen LogP contribution in [0, 0.1) is 0 Å². The number of carbonyl (C=O) groups is 1. The number of aromatic amines is 1. The average molecular weight is 259 g/mol. The van der Waals surface area contributed by atoms with Gasteiger partial charge in [-0.15, -0.1) is 0 Å². The van der Waals surface area contributed by atoms with Gasteiger partial charge in [0.25, 0.3) is 5.91 Å². The molecule has 1 N–H and O–H groups in total. The Bertz CT molecular complexity index is 593. The van der Waals surface area contributed by atoms with E-state index >= 15 is 0 Å². The van der Waals surface area contributed by atoms with Crippen molar-refractivity contribution in [2.24, 2.45) is 0 Å². The topological polar surface area (TPSA) is 58.2 Å². The van der Waals surface area contributed by atoms with Crippen LogP contribution in [-0.4, -0.2) is 46.6 Å². The highest BCUT2D eigenvalue weighted by molar-refractivity contribution is 5.94. The molecule has 0 aromatic carbocycles. The van der Waals surface area contributed by atoms with E-state index in [1.165, 1.54) is 0 Å². The number of amides is 1. The van der Waals surface area contributed by atoms with Crippen molar-refractivity contribution in [1.29, 1.82) is 0 Å². The Morgan fingerprint density at radius 2 is 2.42 bits per heavy atom. The average Bonchev–Trinajstić information content (AvgIpc) is 3.05. The Kier molecular flexibility index (Phi) is 3.21. The van der Waals surface area contributed by atoms with E-state index in [1.54, 1.807) is 6.07 Å². The van der Waals surface area contributed by atoms with Gasteiger partial charge in [-0.05, 0) is 31.5 Å². The third-order valence-electron chi connectivity index (χ3n) is 3.46. The fraction of sp³-hybridized carbons (Fsp3) is 0.429. The van der Waals surface area contributed by atoms with Gasteiger partial charge >= 0.3 is 0 Å². The molecule has 1 atom stereocenters. The standard InChI is InChI=1S/C14H17N3O2/c1-2-19-10-6-8-17(9-10)14(18)13-4-3-11-12(16-13)5-7-15-11/h3-5,7,10,15H,2,6,8-9H2,1H3/t10-/m0/s1. The van der Waals surface area contributed by atoms with Crippen molar-refractivity contribution in [3.05, 3.63) is 30.1 Å². The van der Waals surface area contributed by atoms with Gasteiger partial charge in [0.15, 0.2) is 0 Å². The summed E-state index contributed by atoms with van der Waals surface area (Å²) < 4.78 is 5.56. The Morgan fingerprint density at radius 3 is 3.26 bits per heavy atom. The SMILES string of the molecule is CCO[C@H]1CCN(C(=O)c2ccc3[nH]ccc3n2)C1. The zero-order valence-corrected chi connectivity index (χ0v) is 10.9. The molecule has 0 saturated carbocycles. The molecule has 3 heterocycles. The van der Waals surface area contributed by atoms with Crippen molar-refractivity contribution < 1.29 is 9.53 Å². The van der Waals surface area contributed by atoms with Crippen molar-refractivity contribution in [3.63, 3.8) is 0 Å². The second-order valence-corrected chi connectivity index (χ2v) is 4.72. The number of fused-ring (bicyclic) bond motifs is 1. The Balaban J connectivity index is 1.76. The number of nitrogens with one attached hydrogen (secondary N) is 1. The monoisotopic (exact) mass is 259 g/mol. The number of nitrogens with zero attached hydrogens (tertiary/aromatic N) is 2. The summed E-state index contributed by atoms with van der Waals surface area (Å²) in [4.78, 5) is 21.6. The molecule has 0 radical (unpaired) electrons. The molecule has 3 rings (SSSR count). The Morgan fingerprint density at radius 1 is 1.53 bits per heavy atom. The number of rotatable bonds is 3. The minimum Gasteiger partial charge on any atom is -0.377 e. The smallest absolute Gasteiger partial charge is 0.272 e. The molecule has 2 aromatic heterocycles. The molecule has 1 aliphatic rings. The number of ether oxygens (including phenoxy) is 1. The van der Waals surface area contributed by atoms with E-state index < -0.39 is 0 Å². The first-order chi connectivity index (χ1) is 9.28. The van der Waals surface area contributed by atoms with Crippen molar-refractivity contribution in [2.45, 2.75) is 19.4 Å². The highest BCUT2D eigenvalue weighted by atomic mass is 16.5. The lowest BCUT2D eigenvalue weighted by atomic mass is 10.3. The summed E-state index contributed by atoms with van der Waals surface area (Å²) in [6.07, 6.45) is 2.91. The minimum absolute atomic E-state index is 0.00898. The van der Waals surface area contributed by atoms with E-state index in [0.29, 0.717) is 18.8 Å². The van der Waals surface area contributed by atoms with Crippen LogP contribution in [0.5, 0.6) is 0 Å². The fourth-order valence-corrected chi connectivity index (χ4v) is 2.50. The van der Waals surface area contributed by atoms with Crippen LogP contribution in [0.1, 0.15) is 23.8 Å². The van der Waals surface area contributed by atoms with Gasteiger partial charge in [0.05, 0.1) is 17.1 Å². The zero-order chi connectivity index (χ0) is 13.2. The Labute approximate surface area is 111 Å². The summed E-state index contributed by atoms with van der Waals surface area (Å²) in [5.74, 6) is -0.00898. The number of H-pyrrole nitrogens is 1. The first-order valence-corrected chi connectivity index (χ1v) is 6.63. The van der Waals surface area contributed by atoms with Gasteiger partial charge in [-0.2, -0.15) is 0 Å². The molecule has 19 heavy (non-hydrogen) atoms. The van der Waals surface area contributed by atoms with Gasteiger partial charge in [-0.3, -0.25) is 4.79 Å². The minimum atomic E-state index is -0.00898. The van der Waals surface area contributed by atoms with Crippen LogP contribution in [0.2, 0.25) is 0 Å². The van der Waals surface area contributed by atoms with E-state index in [0.717, 1.165) is 24.0 Å². The van der Waals surface area contributed by atoms with Crippen LogP contribution >= 0.6 is 0 Å². The highest BCUT2D eigenvalue weighted by Gasteiger charge is 2.27. The molecular formula is C14H17N3O2. The van der Waals surface area contributed by atoms with Crippen LogP contribution < -0.4 is 0 Å². The van der Waals surface area contributed by atoms with E-state index in [9.17, 15) is 4.79 Å². The highest BCUT2D eigenvalue weighted by Crippen LogP contribution is 2.17. The molecule has 0 spiro atoms. The molecule has 1 saturated heterocycles. The van der Waals surface area contributed by atoms with Crippen LogP contribution in [0.25, 0.3) is 11.0 Å². The molecule has 5 nitrogen and oxygen atoms in total. The number of hydrogen-bond donors (Lipinski definition) is 1. The molecule has 1 aliphatic heterocycles. The second-order valence-electron chi connectivity index (χ2n) is 4.72. The van der Waals surface area contributed by atoms with Gasteiger partial charge in [0.1, 0.15) is 5.69 Å². The molecule has 5 heteroatoms. The van der Waals surface area contributed by atoms with Gasteiger partial charge < -0.3 is 14.6 Å². The molecular weight excluding hydrogens is 242 g/mol. The van der Waals surface area contributed by atoms with Crippen LogP contribution in [0.15, 0.2) is 24.4 Å². The normalized spacial score (nSPS) is 19.2. The van der Waals surface area contributed by atoms with Gasteiger partial charge in [0.2, 0.25) is 0 Å². The summed E-state index contributed by atoms with van der Waals surface area (Å²) >= 11 is 0. The number of carbonyl (C=O) groups excluding carboxylic acids is 1. The molecule has 0 aliphatic carbocycles. The summed E-state index contributed by atoms with van der Waals surface area (Å²) in [7, 11) is 0. The summed E-state index contributed by atoms with van der Waals surface area (Å²) in [5, 5.41) is 0. The maximum atomic E-state index is 12.4. The number of aromatic nitrogens is 2. The quantitative estimate of drug-likeness (QED) is 0.914. The molecule has 1 amide bonds. The maximum absolute atomic E-state index is 12.4. The summed E-state index contributed by atoms with van der Waals surface area (Å²) in [6, 6.07) is 5.54. The summed E-state index contributed by atoms with van der Waals surface area (Å²) in [6.45, 7) is 4.09. The van der Waals surface area contributed by atoms with Crippen molar-refractivity contribution in [1.82, 2.24) is 14.9 Å². The lowest BCUT2D eigenvalue weighted by molar-refractivity contribution is 0.0595. The van der Waals surface area contributed by atoms with Gasteiger partial charge in [-0.25, -0.2) is 4.98 Å². The van der Waals surface area contributed by atoms with E-state index in [1.807, 2.05) is 30.2 Å². The molecule has 100 valence electrons. The van der Waals surface area contributed by atoms with Crippen molar-refractivity contribution in [3.8, 4) is 0 Å². The summed E-state index contributed by atoms with van der Waals surface area (Å²) in [5.41, 5.74) is 2.28. The predicted molar refractivity (Wildman–Crippen MR) is 72.0 cm³/mol. The van der Waals surface area contributed by atoms with Crippen LogP contribution in [0.4, 0.5) is 0 Å². The first-order valence-electron chi connectivity index (χ1n) is 6.63. The second kappa shape index (κ2) is 5.01. The predicted octanol–water partition coefficient (Wildman–Crippen LogP) is 1.81. The molecule has 1 fully saturated rings. The van der Waals surface area contributed by atoms with Gasteiger partial charge in [0, 0.05) is 25.9 Å². The van der Waals surface area contributed by atoms with E-state index in [2.05, 4.69) is 9.97 Å².